The van der Waals surface area contributed by atoms with Crippen LogP contribution in [-0.2, 0) is 7.05 Å². The van der Waals surface area contributed by atoms with Crippen LogP contribution in [0.5, 0.6) is 0 Å². The largest absolute Gasteiger partial charge is 0.349 e. The van der Waals surface area contributed by atoms with Gasteiger partial charge < -0.3 is 14.8 Å². The number of hydrogen-bond donors (Lipinski definition) is 2. The second kappa shape index (κ2) is 8.25. The van der Waals surface area contributed by atoms with Crippen molar-refractivity contribution in [3.8, 4) is 17.1 Å². The zero-order valence-corrected chi connectivity index (χ0v) is 17.5. The van der Waals surface area contributed by atoms with Crippen LogP contribution in [0.2, 0.25) is 0 Å². The molecule has 29 heavy (non-hydrogen) atoms. The lowest BCUT2D eigenvalue weighted by molar-refractivity contribution is -0.886. The molecule has 0 spiro atoms. The summed E-state index contributed by atoms with van der Waals surface area (Å²) in [4.78, 5) is 14.7. The maximum Gasteiger partial charge on any atom is 0.270 e. The van der Waals surface area contributed by atoms with Gasteiger partial charge in [-0.1, -0.05) is 17.7 Å². The molecule has 2 N–H and O–H groups in total. The van der Waals surface area contributed by atoms with Gasteiger partial charge in [-0.3, -0.25) is 4.79 Å². The van der Waals surface area contributed by atoms with E-state index in [1.807, 2.05) is 42.1 Å². The maximum absolute atomic E-state index is 13.1. The van der Waals surface area contributed by atoms with E-state index in [-0.39, 0.29) is 5.91 Å². The van der Waals surface area contributed by atoms with Crippen molar-refractivity contribution in [3.63, 3.8) is 0 Å². The predicted octanol–water partition coefficient (Wildman–Crippen LogP) is 1.90. The Labute approximate surface area is 172 Å². The van der Waals surface area contributed by atoms with Crippen LogP contribution in [0, 0.1) is 13.8 Å². The number of amides is 1. The fourth-order valence-corrected chi connectivity index (χ4v) is 4.19. The van der Waals surface area contributed by atoms with E-state index in [9.17, 15) is 4.79 Å². The minimum atomic E-state index is -0.0727. The molecular weight excluding hydrogens is 362 g/mol. The van der Waals surface area contributed by atoms with Gasteiger partial charge in [0, 0.05) is 26.1 Å². The van der Waals surface area contributed by atoms with Gasteiger partial charge in [0.2, 0.25) is 0 Å². The number of carbonyl (C=O) groups excluding carboxylic acids is 1. The lowest BCUT2D eigenvalue weighted by Gasteiger charge is -2.13. The average Bonchev–Trinajstić information content (AvgIpc) is 3.42. The summed E-state index contributed by atoms with van der Waals surface area (Å²) in [6.07, 6.45) is 4.58. The zero-order chi connectivity index (χ0) is 20.4. The molecule has 1 fully saturated rings. The Balaban J connectivity index is 1.64. The average molecular weight is 393 g/mol. The monoisotopic (exact) mass is 392 g/mol. The van der Waals surface area contributed by atoms with Gasteiger partial charge in [-0.25, -0.2) is 4.68 Å². The summed E-state index contributed by atoms with van der Waals surface area (Å²) >= 11 is 0. The van der Waals surface area contributed by atoms with E-state index < -0.39 is 0 Å². The fraction of sp³-hybridized carbons (Fsp3) is 0.391. The Morgan fingerprint density at radius 1 is 1.17 bits per heavy atom. The number of aryl methyl sites for hydroxylation is 3. The highest BCUT2D eigenvalue weighted by Crippen LogP contribution is 2.24. The number of nitrogens with one attached hydrogen (secondary N) is 2. The molecular formula is C23H30N5O+. The topological polar surface area (TPSA) is 56.3 Å². The molecule has 6 heteroatoms. The number of likely N-dealkylation sites (tertiary alicyclic amines) is 1. The third-order valence-electron chi connectivity index (χ3n) is 5.80. The van der Waals surface area contributed by atoms with Crippen molar-refractivity contribution in [1.82, 2.24) is 19.7 Å². The van der Waals surface area contributed by atoms with Crippen LogP contribution in [-0.4, -0.2) is 46.4 Å². The Bertz CT molecular complexity index is 1010. The molecule has 0 saturated carbocycles. The molecule has 3 aromatic rings. The first-order chi connectivity index (χ1) is 14.0. The van der Waals surface area contributed by atoms with Crippen molar-refractivity contribution < 1.29 is 9.69 Å². The minimum Gasteiger partial charge on any atom is -0.349 e. The second-order valence-electron chi connectivity index (χ2n) is 8.08. The maximum atomic E-state index is 13.1. The molecule has 4 rings (SSSR count). The lowest BCUT2D eigenvalue weighted by Crippen LogP contribution is -3.10. The number of nitrogens with zero attached hydrogens (tertiary/aromatic N) is 3. The first-order valence-corrected chi connectivity index (χ1v) is 10.4. The minimum absolute atomic E-state index is 0.0727. The summed E-state index contributed by atoms with van der Waals surface area (Å²) in [5, 5.41) is 7.92. The van der Waals surface area contributed by atoms with E-state index in [1.54, 1.807) is 9.58 Å². The molecule has 0 aliphatic carbocycles. The molecule has 0 atom stereocenters. The van der Waals surface area contributed by atoms with Crippen molar-refractivity contribution in [1.29, 1.82) is 0 Å². The third-order valence-corrected chi connectivity index (χ3v) is 5.80. The summed E-state index contributed by atoms with van der Waals surface area (Å²) in [6.45, 7) is 8.23. The van der Waals surface area contributed by atoms with Gasteiger partial charge in [0.15, 0.2) is 0 Å². The standard InChI is InChI=1S/C23H29N5O/c1-17-8-9-20(18(2)15-17)28-22(16-19(25-28)21-7-6-11-26(21)3)23(29)24-10-14-27-12-4-5-13-27/h6-9,11,15-16H,4-5,10,12-14H2,1-3H3,(H,24,29)/p+1. The highest BCUT2D eigenvalue weighted by molar-refractivity contribution is 5.94. The van der Waals surface area contributed by atoms with Gasteiger partial charge in [0.1, 0.15) is 11.4 Å². The molecule has 2 aromatic heterocycles. The first-order valence-electron chi connectivity index (χ1n) is 10.4. The molecule has 6 nitrogen and oxygen atoms in total. The molecule has 1 aliphatic heterocycles. The summed E-state index contributed by atoms with van der Waals surface area (Å²) < 4.78 is 3.81. The smallest absolute Gasteiger partial charge is 0.270 e. The van der Waals surface area contributed by atoms with Crippen LogP contribution in [0.3, 0.4) is 0 Å². The van der Waals surface area contributed by atoms with Crippen LogP contribution in [0.1, 0.15) is 34.5 Å². The van der Waals surface area contributed by atoms with E-state index in [0.717, 1.165) is 29.2 Å². The van der Waals surface area contributed by atoms with Gasteiger partial charge in [-0.2, -0.15) is 5.10 Å². The Hall–Kier alpha value is -2.86. The molecule has 0 unspecified atom stereocenters. The van der Waals surface area contributed by atoms with Crippen LogP contribution in [0.15, 0.2) is 42.6 Å². The summed E-state index contributed by atoms with van der Waals surface area (Å²) in [5.41, 5.74) is 5.59. The van der Waals surface area contributed by atoms with Gasteiger partial charge in [0.25, 0.3) is 5.91 Å². The van der Waals surface area contributed by atoms with Crippen LogP contribution >= 0.6 is 0 Å². The van der Waals surface area contributed by atoms with E-state index in [0.29, 0.717) is 12.2 Å². The van der Waals surface area contributed by atoms with Crippen molar-refractivity contribution in [2.75, 3.05) is 26.2 Å². The van der Waals surface area contributed by atoms with Crippen molar-refractivity contribution >= 4 is 5.91 Å². The molecule has 1 aliphatic rings. The number of benzene rings is 1. The second-order valence-corrected chi connectivity index (χ2v) is 8.08. The van der Waals surface area contributed by atoms with Crippen LogP contribution in [0.25, 0.3) is 17.1 Å². The lowest BCUT2D eigenvalue weighted by atomic mass is 10.1. The van der Waals surface area contributed by atoms with E-state index in [1.165, 1.54) is 31.5 Å². The van der Waals surface area contributed by atoms with E-state index in [2.05, 4.69) is 31.3 Å². The Morgan fingerprint density at radius 3 is 2.66 bits per heavy atom. The molecule has 3 heterocycles. The molecule has 0 bridgehead atoms. The number of quaternary nitrogens is 1. The van der Waals surface area contributed by atoms with Crippen molar-refractivity contribution in [2.45, 2.75) is 26.7 Å². The number of carbonyl (C=O) groups is 1. The Kier molecular flexibility index (Phi) is 5.53. The van der Waals surface area contributed by atoms with Crippen LogP contribution in [0.4, 0.5) is 0 Å². The summed E-state index contributed by atoms with van der Waals surface area (Å²) in [7, 11) is 1.99. The normalized spacial score (nSPS) is 14.4. The Morgan fingerprint density at radius 2 is 1.97 bits per heavy atom. The fourth-order valence-electron chi connectivity index (χ4n) is 4.19. The summed E-state index contributed by atoms with van der Waals surface area (Å²) in [6, 6.07) is 12.1. The SMILES string of the molecule is Cc1ccc(-n2nc(-c3cccn3C)cc2C(=O)NCC[NH+]2CCCC2)c(C)c1. The van der Waals surface area contributed by atoms with Gasteiger partial charge >= 0.3 is 0 Å². The third kappa shape index (κ3) is 4.12. The number of hydrogen-bond acceptors (Lipinski definition) is 2. The molecule has 1 aromatic carbocycles. The highest BCUT2D eigenvalue weighted by atomic mass is 16.2. The van der Waals surface area contributed by atoms with Crippen molar-refractivity contribution in [2.24, 2.45) is 7.05 Å². The molecule has 1 saturated heterocycles. The molecule has 1 amide bonds. The van der Waals surface area contributed by atoms with Gasteiger partial charge in [-0.15, -0.1) is 0 Å². The van der Waals surface area contributed by atoms with Crippen LogP contribution < -0.4 is 10.2 Å². The number of aromatic nitrogens is 3. The quantitative estimate of drug-likeness (QED) is 0.673. The van der Waals surface area contributed by atoms with Gasteiger partial charge in [0.05, 0.1) is 37.6 Å². The highest BCUT2D eigenvalue weighted by Gasteiger charge is 2.21. The van der Waals surface area contributed by atoms with E-state index in [4.69, 9.17) is 5.10 Å². The first kappa shape index (κ1) is 19.5. The summed E-state index contributed by atoms with van der Waals surface area (Å²) in [5.74, 6) is -0.0727. The van der Waals surface area contributed by atoms with E-state index >= 15 is 0 Å². The predicted molar refractivity (Wildman–Crippen MR) is 115 cm³/mol. The van der Waals surface area contributed by atoms with Crippen molar-refractivity contribution in [3.05, 3.63) is 59.4 Å². The van der Waals surface area contributed by atoms with Gasteiger partial charge in [-0.05, 0) is 43.7 Å². The molecule has 0 radical (unpaired) electrons. The zero-order valence-electron chi connectivity index (χ0n) is 17.5. The number of rotatable bonds is 6. The molecule has 152 valence electrons.